The molecule has 1 heterocycles. The Morgan fingerprint density at radius 2 is 1.60 bits per heavy atom. The molecule has 1 saturated heterocycles. The minimum Gasteiger partial charge on any atom is -0.353 e. The molecule has 0 bridgehead atoms. The van der Waals surface area contributed by atoms with Gasteiger partial charge < -0.3 is 15.5 Å². The highest BCUT2D eigenvalue weighted by atomic mass is 16.2. The van der Waals surface area contributed by atoms with Gasteiger partial charge in [-0.25, -0.2) is 0 Å². The molecule has 1 aromatic carbocycles. The van der Waals surface area contributed by atoms with Crippen LogP contribution >= 0.6 is 0 Å². The highest BCUT2D eigenvalue weighted by molar-refractivity contribution is 5.96. The second kappa shape index (κ2) is 10.6. The number of nitrogens with zero attached hydrogens (tertiary/aromatic N) is 1. The Balaban J connectivity index is 1.55. The SMILES string of the molecule is CC(C)C(=O)Nc1ccc(C(=O)N2CCC[C@H](C(=O)NC3CCCCCC3)C2)cc1. The van der Waals surface area contributed by atoms with E-state index in [1.807, 2.05) is 13.8 Å². The maximum atomic E-state index is 13.0. The Morgan fingerprint density at radius 1 is 0.933 bits per heavy atom. The van der Waals surface area contributed by atoms with E-state index in [1.54, 1.807) is 29.2 Å². The molecular formula is C24H35N3O3. The quantitative estimate of drug-likeness (QED) is 0.717. The van der Waals surface area contributed by atoms with Crippen LogP contribution in [0.15, 0.2) is 24.3 Å². The van der Waals surface area contributed by atoms with E-state index in [1.165, 1.54) is 25.7 Å². The number of benzene rings is 1. The Bertz CT molecular complexity index is 737. The first-order chi connectivity index (χ1) is 14.4. The molecule has 2 aliphatic rings. The lowest BCUT2D eigenvalue weighted by atomic mass is 9.95. The van der Waals surface area contributed by atoms with Crippen LogP contribution in [-0.4, -0.2) is 41.8 Å². The first-order valence-electron chi connectivity index (χ1n) is 11.4. The van der Waals surface area contributed by atoms with Gasteiger partial charge in [-0.05, 0) is 49.9 Å². The van der Waals surface area contributed by atoms with Gasteiger partial charge in [-0.15, -0.1) is 0 Å². The van der Waals surface area contributed by atoms with Crippen LogP contribution in [0, 0.1) is 11.8 Å². The summed E-state index contributed by atoms with van der Waals surface area (Å²) in [6.07, 6.45) is 8.72. The number of amides is 3. The molecule has 0 spiro atoms. The second-order valence-corrected chi connectivity index (χ2v) is 9.01. The summed E-state index contributed by atoms with van der Waals surface area (Å²) < 4.78 is 0. The van der Waals surface area contributed by atoms with Crippen molar-refractivity contribution < 1.29 is 14.4 Å². The van der Waals surface area contributed by atoms with E-state index in [2.05, 4.69) is 10.6 Å². The fraction of sp³-hybridized carbons (Fsp3) is 0.625. The van der Waals surface area contributed by atoms with Crippen molar-refractivity contribution in [1.82, 2.24) is 10.2 Å². The maximum Gasteiger partial charge on any atom is 0.253 e. The molecule has 6 heteroatoms. The van der Waals surface area contributed by atoms with E-state index < -0.39 is 0 Å². The van der Waals surface area contributed by atoms with Crippen LogP contribution in [0.3, 0.4) is 0 Å². The van der Waals surface area contributed by atoms with Gasteiger partial charge in [0, 0.05) is 36.3 Å². The molecule has 1 aromatic rings. The smallest absolute Gasteiger partial charge is 0.253 e. The molecule has 1 atom stereocenters. The standard InChI is InChI=1S/C24H35N3O3/c1-17(2)22(28)25-21-13-11-18(12-14-21)24(30)27-15-7-8-19(16-27)23(29)26-20-9-5-3-4-6-10-20/h11-14,17,19-20H,3-10,15-16H2,1-2H3,(H,25,28)(H,26,29)/t19-/m0/s1. The molecule has 3 rings (SSSR count). The van der Waals surface area contributed by atoms with Gasteiger partial charge >= 0.3 is 0 Å². The van der Waals surface area contributed by atoms with Crippen LogP contribution in [0.1, 0.15) is 75.6 Å². The fourth-order valence-corrected chi connectivity index (χ4v) is 4.28. The largest absolute Gasteiger partial charge is 0.353 e. The van der Waals surface area contributed by atoms with Crippen molar-refractivity contribution in [2.45, 2.75) is 71.3 Å². The first kappa shape index (κ1) is 22.3. The molecule has 1 aliphatic heterocycles. The number of nitrogens with one attached hydrogen (secondary N) is 2. The number of anilines is 1. The van der Waals surface area contributed by atoms with Crippen molar-refractivity contribution >= 4 is 23.4 Å². The summed E-state index contributed by atoms with van der Waals surface area (Å²) in [6, 6.07) is 7.29. The van der Waals surface area contributed by atoms with E-state index in [0.29, 0.717) is 30.4 Å². The van der Waals surface area contributed by atoms with Crippen LogP contribution < -0.4 is 10.6 Å². The number of rotatable bonds is 5. The van der Waals surface area contributed by atoms with Gasteiger partial charge in [0.25, 0.3) is 5.91 Å². The lowest BCUT2D eigenvalue weighted by Gasteiger charge is -2.33. The second-order valence-electron chi connectivity index (χ2n) is 9.01. The number of piperidine rings is 1. The van der Waals surface area contributed by atoms with E-state index in [4.69, 9.17) is 0 Å². The molecule has 1 saturated carbocycles. The van der Waals surface area contributed by atoms with Crippen molar-refractivity contribution in [2.24, 2.45) is 11.8 Å². The van der Waals surface area contributed by atoms with Crippen molar-refractivity contribution in [1.29, 1.82) is 0 Å². The predicted octanol–water partition coefficient (Wildman–Crippen LogP) is 3.97. The van der Waals surface area contributed by atoms with Gasteiger partial charge in [0.15, 0.2) is 0 Å². The predicted molar refractivity (Wildman–Crippen MR) is 118 cm³/mol. The molecule has 30 heavy (non-hydrogen) atoms. The summed E-state index contributed by atoms with van der Waals surface area (Å²) >= 11 is 0. The molecule has 0 aromatic heterocycles. The number of hydrogen-bond donors (Lipinski definition) is 2. The average molecular weight is 414 g/mol. The molecular weight excluding hydrogens is 378 g/mol. The van der Waals surface area contributed by atoms with Gasteiger partial charge in [0.1, 0.15) is 0 Å². The lowest BCUT2D eigenvalue weighted by Crippen LogP contribution is -2.47. The molecule has 0 radical (unpaired) electrons. The minimum absolute atomic E-state index is 0.0485. The molecule has 6 nitrogen and oxygen atoms in total. The molecule has 3 amide bonds. The van der Waals surface area contributed by atoms with Gasteiger partial charge in [-0.3, -0.25) is 14.4 Å². The number of carbonyl (C=O) groups is 3. The summed E-state index contributed by atoms with van der Waals surface area (Å²) in [5, 5.41) is 6.08. The van der Waals surface area contributed by atoms with E-state index in [9.17, 15) is 14.4 Å². The Morgan fingerprint density at radius 3 is 2.23 bits per heavy atom. The zero-order chi connectivity index (χ0) is 21.5. The zero-order valence-electron chi connectivity index (χ0n) is 18.3. The third kappa shape index (κ3) is 6.07. The van der Waals surface area contributed by atoms with Gasteiger partial charge in [-0.1, -0.05) is 39.5 Å². The third-order valence-corrected chi connectivity index (χ3v) is 6.20. The first-order valence-corrected chi connectivity index (χ1v) is 11.4. The van der Waals surface area contributed by atoms with Crippen molar-refractivity contribution in [3.05, 3.63) is 29.8 Å². The summed E-state index contributed by atoms with van der Waals surface area (Å²) in [5.74, 6) is -0.223. The summed E-state index contributed by atoms with van der Waals surface area (Å²) in [7, 11) is 0. The fourth-order valence-electron chi connectivity index (χ4n) is 4.28. The maximum absolute atomic E-state index is 13.0. The molecule has 2 N–H and O–H groups in total. The van der Waals surface area contributed by atoms with Gasteiger partial charge in [0.2, 0.25) is 11.8 Å². The van der Waals surface area contributed by atoms with E-state index in [0.717, 1.165) is 25.7 Å². The normalized spacial score (nSPS) is 20.5. The van der Waals surface area contributed by atoms with Crippen molar-refractivity contribution in [2.75, 3.05) is 18.4 Å². The van der Waals surface area contributed by atoms with Crippen LogP contribution in [0.25, 0.3) is 0 Å². The number of hydrogen-bond acceptors (Lipinski definition) is 3. The highest BCUT2D eigenvalue weighted by Gasteiger charge is 2.30. The molecule has 1 aliphatic carbocycles. The van der Waals surface area contributed by atoms with E-state index in [-0.39, 0.29) is 29.6 Å². The summed E-state index contributed by atoms with van der Waals surface area (Å²) in [6.45, 7) is 4.83. The van der Waals surface area contributed by atoms with Crippen LogP contribution in [0.4, 0.5) is 5.69 Å². The molecule has 164 valence electrons. The highest BCUT2D eigenvalue weighted by Crippen LogP contribution is 2.22. The Hall–Kier alpha value is -2.37. The minimum atomic E-state index is -0.129. The lowest BCUT2D eigenvalue weighted by molar-refractivity contribution is -0.127. The van der Waals surface area contributed by atoms with Crippen LogP contribution in [0.5, 0.6) is 0 Å². The van der Waals surface area contributed by atoms with E-state index >= 15 is 0 Å². The summed E-state index contributed by atoms with van der Waals surface area (Å²) in [4.78, 5) is 39.4. The topological polar surface area (TPSA) is 78.5 Å². The average Bonchev–Trinajstić information content (AvgIpc) is 3.02. The monoisotopic (exact) mass is 413 g/mol. The Kier molecular flexibility index (Phi) is 7.88. The van der Waals surface area contributed by atoms with Crippen molar-refractivity contribution in [3.63, 3.8) is 0 Å². The summed E-state index contributed by atoms with van der Waals surface area (Å²) in [5.41, 5.74) is 1.27. The van der Waals surface area contributed by atoms with Gasteiger partial charge in [-0.2, -0.15) is 0 Å². The third-order valence-electron chi connectivity index (χ3n) is 6.20. The van der Waals surface area contributed by atoms with Crippen molar-refractivity contribution in [3.8, 4) is 0 Å². The molecule has 0 unspecified atom stereocenters. The zero-order valence-corrected chi connectivity index (χ0v) is 18.3. The van der Waals surface area contributed by atoms with Crippen LogP contribution in [-0.2, 0) is 9.59 Å². The number of likely N-dealkylation sites (tertiary alicyclic amines) is 1. The Labute approximate surface area is 179 Å². The van der Waals surface area contributed by atoms with Crippen LogP contribution in [0.2, 0.25) is 0 Å². The number of carbonyl (C=O) groups excluding carboxylic acids is 3. The van der Waals surface area contributed by atoms with Gasteiger partial charge in [0.05, 0.1) is 5.92 Å². The molecule has 2 fully saturated rings.